The van der Waals surface area contributed by atoms with Crippen molar-refractivity contribution in [3.8, 4) is 0 Å². The molecule has 1 aromatic carbocycles. The molecule has 1 N–H and O–H groups in total. The van der Waals surface area contributed by atoms with Crippen molar-refractivity contribution < 1.29 is 14.7 Å². The molecule has 118 valence electrons. The van der Waals surface area contributed by atoms with Gasteiger partial charge < -0.3 is 10.0 Å². The number of amides is 1. The number of carbonyl (C=O) groups is 2. The zero-order valence-corrected chi connectivity index (χ0v) is 14.4. The Morgan fingerprint density at radius 1 is 1.23 bits per heavy atom. The molecule has 0 bridgehead atoms. The molecule has 4 nitrogen and oxygen atoms in total. The first-order chi connectivity index (χ1) is 10.3. The second-order valence-electron chi connectivity index (χ2n) is 6.67. The molecule has 1 aliphatic carbocycles. The van der Waals surface area contributed by atoms with Crippen molar-refractivity contribution in [3.05, 3.63) is 33.3 Å². The van der Waals surface area contributed by atoms with Gasteiger partial charge >= 0.3 is 5.97 Å². The number of aliphatic carboxylic acids is 1. The highest BCUT2D eigenvalue weighted by Crippen LogP contribution is 2.59. The Bertz CT molecular complexity index is 648. The maximum Gasteiger partial charge on any atom is 0.307 e. The second kappa shape index (κ2) is 5.37. The highest BCUT2D eigenvalue weighted by molar-refractivity contribution is 9.10. The molecule has 1 aromatic rings. The molecule has 2 aliphatic rings. The SMILES string of the molecule is Cc1cc(C(=O)N2CCC3(CC2)CC3C(=O)O)c(C)cc1Br. The van der Waals surface area contributed by atoms with Gasteiger partial charge in [-0.15, -0.1) is 0 Å². The van der Waals surface area contributed by atoms with Crippen LogP contribution in [0.25, 0.3) is 0 Å². The number of carbonyl (C=O) groups excluding carboxylic acids is 1. The van der Waals surface area contributed by atoms with Crippen LogP contribution in [0.15, 0.2) is 16.6 Å². The molecular formula is C17H20BrNO3. The number of piperidine rings is 1. The van der Waals surface area contributed by atoms with Gasteiger partial charge in [0.15, 0.2) is 0 Å². The topological polar surface area (TPSA) is 57.6 Å². The van der Waals surface area contributed by atoms with Gasteiger partial charge in [-0.3, -0.25) is 9.59 Å². The summed E-state index contributed by atoms with van der Waals surface area (Å²) in [4.78, 5) is 25.7. The quantitative estimate of drug-likeness (QED) is 0.873. The summed E-state index contributed by atoms with van der Waals surface area (Å²) in [6.45, 7) is 5.26. The summed E-state index contributed by atoms with van der Waals surface area (Å²) >= 11 is 3.49. The summed E-state index contributed by atoms with van der Waals surface area (Å²) in [5.41, 5.74) is 2.74. The van der Waals surface area contributed by atoms with Crippen molar-refractivity contribution in [2.24, 2.45) is 11.3 Å². The summed E-state index contributed by atoms with van der Waals surface area (Å²) in [5, 5.41) is 9.13. The summed E-state index contributed by atoms with van der Waals surface area (Å²) in [6, 6.07) is 3.92. The van der Waals surface area contributed by atoms with E-state index in [1.807, 2.05) is 30.9 Å². The van der Waals surface area contributed by atoms with Gasteiger partial charge in [-0.2, -0.15) is 0 Å². The lowest BCUT2D eigenvalue weighted by Crippen LogP contribution is -2.40. The largest absolute Gasteiger partial charge is 0.481 e. The molecule has 1 heterocycles. The van der Waals surface area contributed by atoms with Crippen molar-refractivity contribution in [3.63, 3.8) is 0 Å². The Morgan fingerprint density at radius 2 is 1.86 bits per heavy atom. The minimum Gasteiger partial charge on any atom is -0.481 e. The van der Waals surface area contributed by atoms with Crippen LogP contribution in [0.1, 0.15) is 40.7 Å². The van der Waals surface area contributed by atoms with E-state index in [1.165, 1.54) is 0 Å². The smallest absolute Gasteiger partial charge is 0.307 e. The van der Waals surface area contributed by atoms with Gasteiger partial charge in [-0.1, -0.05) is 15.9 Å². The fourth-order valence-electron chi connectivity index (χ4n) is 3.59. The predicted octanol–water partition coefficient (Wildman–Crippen LogP) is 3.39. The predicted molar refractivity (Wildman–Crippen MR) is 86.9 cm³/mol. The molecule has 0 aromatic heterocycles. The number of halogens is 1. The van der Waals surface area contributed by atoms with Crippen LogP contribution in [-0.4, -0.2) is 35.0 Å². The molecule has 0 radical (unpaired) electrons. The van der Waals surface area contributed by atoms with E-state index < -0.39 is 5.97 Å². The van der Waals surface area contributed by atoms with E-state index in [2.05, 4.69) is 15.9 Å². The normalized spacial score (nSPS) is 22.7. The molecule has 1 saturated heterocycles. The third-order valence-corrected chi connectivity index (χ3v) is 6.12. The van der Waals surface area contributed by atoms with E-state index in [1.54, 1.807) is 0 Å². The minimum atomic E-state index is -0.681. The first-order valence-electron chi connectivity index (χ1n) is 7.63. The van der Waals surface area contributed by atoms with Gasteiger partial charge in [0.05, 0.1) is 5.92 Å². The summed E-state index contributed by atoms with van der Waals surface area (Å²) in [6.07, 6.45) is 2.40. The molecule has 1 aliphatic heterocycles. The summed E-state index contributed by atoms with van der Waals surface area (Å²) < 4.78 is 1.02. The van der Waals surface area contributed by atoms with Gasteiger partial charge in [0, 0.05) is 23.1 Å². The summed E-state index contributed by atoms with van der Waals surface area (Å²) in [7, 11) is 0. The van der Waals surface area contributed by atoms with Gasteiger partial charge in [0.1, 0.15) is 0 Å². The lowest BCUT2D eigenvalue weighted by Gasteiger charge is -2.33. The van der Waals surface area contributed by atoms with Gasteiger partial charge in [0.25, 0.3) is 5.91 Å². The molecule has 5 heteroatoms. The van der Waals surface area contributed by atoms with Crippen LogP contribution in [-0.2, 0) is 4.79 Å². The monoisotopic (exact) mass is 365 g/mol. The van der Waals surface area contributed by atoms with E-state index in [9.17, 15) is 9.59 Å². The molecule has 1 atom stereocenters. The molecule has 22 heavy (non-hydrogen) atoms. The highest BCUT2D eigenvalue weighted by Gasteiger charge is 2.59. The highest BCUT2D eigenvalue weighted by atomic mass is 79.9. The number of nitrogens with zero attached hydrogens (tertiary/aromatic N) is 1. The number of hydrogen-bond donors (Lipinski definition) is 1. The number of benzene rings is 1. The minimum absolute atomic E-state index is 0.0344. The van der Waals surface area contributed by atoms with E-state index in [-0.39, 0.29) is 17.2 Å². The first kappa shape index (κ1) is 15.5. The first-order valence-corrected chi connectivity index (χ1v) is 8.42. The van der Waals surface area contributed by atoms with Crippen molar-refractivity contribution in [1.82, 2.24) is 4.90 Å². The van der Waals surface area contributed by atoms with Crippen LogP contribution in [0.5, 0.6) is 0 Å². The molecular weight excluding hydrogens is 346 g/mol. The number of likely N-dealkylation sites (tertiary alicyclic amines) is 1. The van der Waals surface area contributed by atoms with Gasteiger partial charge in [-0.25, -0.2) is 0 Å². The number of hydrogen-bond acceptors (Lipinski definition) is 2. The zero-order chi connectivity index (χ0) is 16.1. The molecule has 1 spiro atoms. The van der Waals surface area contributed by atoms with Crippen LogP contribution in [0, 0.1) is 25.2 Å². The van der Waals surface area contributed by atoms with Crippen LogP contribution >= 0.6 is 15.9 Å². The Kier molecular flexibility index (Phi) is 3.79. The van der Waals surface area contributed by atoms with E-state index in [0.717, 1.165) is 40.4 Å². The van der Waals surface area contributed by atoms with Crippen LogP contribution in [0.3, 0.4) is 0 Å². The van der Waals surface area contributed by atoms with Crippen molar-refractivity contribution >= 4 is 27.8 Å². The number of aryl methyl sites for hydroxylation is 2. The lowest BCUT2D eigenvalue weighted by molar-refractivity contribution is -0.139. The third-order valence-electron chi connectivity index (χ3n) is 5.27. The number of carboxylic acid groups (broad SMARTS) is 1. The standard InChI is InChI=1S/C17H20BrNO3/c1-10-8-14(18)11(2)7-12(10)15(20)19-5-3-17(4-6-19)9-13(17)16(21)22/h7-8,13H,3-6,9H2,1-2H3,(H,21,22). The average molecular weight is 366 g/mol. The Labute approximate surface area is 138 Å². The van der Waals surface area contributed by atoms with E-state index >= 15 is 0 Å². The number of carboxylic acids is 1. The Hall–Kier alpha value is -1.36. The maximum absolute atomic E-state index is 12.7. The average Bonchev–Trinajstić information content (AvgIpc) is 3.17. The zero-order valence-electron chi connectivity index (χ0n) is 12.9. The summed E-state index contributed by atoms with van der Waals surface area (Å²) in [5.74, 6) is -0.809. The Morgan fingerprint density at radius 3 is 2.41 bits per heavy atom. The van der Waals surface area contributed by atoms with E-state index in [4.69, 9.17) is 5.11 Å². The van der Waals surface area contributed by atoms with Gasteiger partial charge in [-0.05, 0) is 61.8 Å². The molecule has 2 fully saturated rings. The fraction of sp³-hybridized carbons (Fsp3) is 0.529. The molecule has 1 unspecified atom stereocenters. The molecule has 1 saturated carbocycles. The van der Waals surface area contributed by atoms with Crippen LogP contribution in [0.4, 0.5) is 0 Å². The lowest BCUT2D eigenvalue weighted by atomic mass is 9.90. The third kappa shape index (κ3) is 2.56. The molecule has 3 rings (SSSR count). The van der Waals surface area contributed by atoms with Crippen molar-refractivity contribution in [1.29, 1.82) is 0 Å². The maximum atomic E-state index is 12.7. The fourth-order valence-corrected chi connectivity index (χ4v) is 4.04. The van der Waals surface area contributed by atoms with Crippen LogP contribution < -0.4 is 0 Å². The Balaban J connectivity index is 1.71. The molecule has 1 amide bonds. The van der Waals surface area contributed by atoms with Gasteiger partial charge in [0.2, 0.25) is 0 Å². The second-order valence-corrected chi connectivity index (χ2v) is 7.52. The van der Waals surface area contributed by atoms with E-state index in [0.29, 0.717) is 13.1 Å². The van der Waals surface area contributed by atoms with Crippen LogP contribution in [0.2, 0.25) is 0 Å². The van der Waals surface area contributed by atoms with Crippen molar-refractivity contribution in [2.45, 2.75) is 33.1 Å². The number of rotatable bonds is 2. The van der Waals surface area contributed by atoms with Crippen molar-refractivity contribution in [2.75, 3.05) is 13.1 Å².